The van der Waals surface area contributed by atoms with E-state index in [1.807, 2.05) is 43.3 Å². The minimum absolute atomic E-state index is 0.0108. The number of carboxylic acid groups (broad SMARTS) is 1. The monoisotopic (exact) mass is 697 g/mol. The smallest absolute Gasteiger partial charge is 0.336 e. The average Bonchev–Trinajstić information content (AvgIpc) is 3.51. The Kier molecular flexibility index (Phi) is 10.2. The van der Waals surface area contributed by atoms with Crippen LogP contribution in [0.5, 0.6) is 5.88 Å². The lowest BCUT2D eigenvalue weighted by molar-refractivity contribution is -0.133. The summed E-state index contributed by atoms with van der Waals surface area (Å²) in [6, 6.07) is 11.5. The molecule has 12 nitrogen and oxygen atoms in total. The third-order valence-electron chi connectivity index (χ3n) is 9.28. The molecule has 0 aliphatic carbocycles. The highest BCUT2D eigenvalue weighted by Gasteiger charge is 2.35. The maximum absolute atomic E-state index is 12.2. The summed E-state index contributed by atoms with van der Waals surface area (Å²) < 4.78 is 11.3. The molecule has 2 aromatic heterocycles. The van der Waals surface area contributed by atoms with Crippen molar-refractivity contribution in [2.75, 3.05) is 87.2 Å². The van der Waals surface area contributed by atoms with Gasteiger partial charge in [0, 0.05) is 65.2 Å². The number of ether oxygens (including phenoxy) is 2. The number of carbonyl (C=O) groups is 1. The van der Waals surface area contributed by atoms with Gasteiger partial charge >= 0.3 is 5.97 Å². The standard InChI is InChI=1S/C34H41Cl2N7O5/c1-39(2)31-10-8-26(35)33(38-31)48-20-22-6-5-11-42(22)29-15-28-24(14-27(29)36)32(44)25(34(45)46)19-43(28)21-7-9-30(37-16-21)41-17-23(18-41)40(3)12-13-47-4/h7-10,14-16,19,22-23,32,44H,5-6,11-13,17-18,20H2,1-4H3,(H,45,46)/t22-,32?/m1/s1. The Morgan fingerprint density at radius 2 is 1.88 bits per heavy atom. The van der Waals surface area contributed by atoms with Crippen molar-refractivity contribution < 1.29 is 24.5 Å². The SMILES string of the molecule is COCCN(C)C1CN(c2ccc(N3C=C(C(=O)O)C(O)c4cc(Cl)c(N5CCC[C@@H]5COc5nc(N(C)C)ccc5Cl)cc43)cn2)C1. The van der Waals surface area contributed by atoms with Gasteiger partial charge in [0.25, 0.3) is 0 Å². The number of likely N-dealkylation sites (N-methyl/N-ethyl adjacent to an activating group) is 1. The number of aliphatic hydroxyl groups is 1. The Bertz CT molecular complexity index is 1670. The summed E-state index contributed by atoms with van der Waals surface area (Å²) in [6.45, 7) is 4.37. The number of rotatable bonds is 12. The quantitative estimate of drug-likeness (QED) is 0.270. The van der Waals surface area contributed by atoms with Gasteiger partial charge in [0.05, 0.1) is 46.5 Å². The summed E-state index contributed by atoms with van der Waals surface area (Å²) in [4.78, 5) is 31.8. The lowest BCUT2D eigenvalue weighted by Gasteiger charge is -2.44. The van der Waals surface area contributed by atoms with Gasteiger partial charge in [0.15, 0.2) is 0 Å². The van der Waals surface area contributed by atoms with Crippen LogP contribution >= 0.6 is 23.2 Å². The largest absolute Gasteiger partial charge is 0.478 e. The van der Waals surface area contributed by atoms with Crippen LogP contribution in [0.25, 0.3) is 0 Å². The van der Waals surface area contributed by atoms with Crippen LogP contribution in [0.1, 0.15) is 24.5 Å². The maximum Gasteiger partial charge on any atom is 0.336 e. The van der Waals surface area contributed by atoms with E-state index in [9.17, 15) is 15.0 Å². The number of hydrogen-bond donors (Lipinski definition) is 2. The summed E-state index contributed by atoms with van der Waals surface area (Å²) in [7, 11) is 7.61. The number of methoxy groups -OCH3 is 1. The second-order valence-electron chi connectivity index (χ2n) is 12.6. The molecule has 256 valence electrons. The summed E-state index contributed by atoms with van der Waals surface area (Å²) in [5.74, 6) is 0.742. The summed E-state index contributed by atoms with van der Waals surface area (Å²) in [5, 5.41) is 22.0. The van der Waals surface area contributed by atoms with E-state index in [-0.39, 0.29) is 11.6 Å². The molecular weight excluding hydrogens is 657 g/mol. The molecule has 0 radical (unpaired) electrons. The Morgan fingerprint density at radius 3 is 2.56 bits per heavy atom. The van der Waals surface area contributed by atoms with Crippen LogP contribution in [0.2, 0.25) is 10.0 Å². The molecule has 0 amide bonds. The predicted octanol–water partition coefficient (Wildman–Crippen LogP) is 4.82. The number of nitrogens with zero attached hydrogens (tertiary/aromatic N) is 7. The molecule has 0 bridgehead atoms. The molecule has 0 spiro atoms. The number of halogens is 2. The van der Waals surface area contributed by atoms with Crippen LogP contribution < -0.4 is 24.3 Å². The van der Waals surface area contributed by atoms with Crippen molar-refractivity contribution in [2.24, 2.45) is 0 Å². The van der Waals surface area contributed by atoms with Gasteiger partial charge in [-0.2, -0.15) is 4.98 Å². The Labute approximate surface area is 290 Å². The Hall–Kier alpha value is -3.81. The van der Waals surface area contributed by atoms with Crippen LogP contribution in [0.4, 0.5) is 28.7 Å². The molecule has 5 heterocycles. The molecule has 0 saturated carbocycles. The van der Waals surface area contributed by atoms with Gasteiger partial charge in [-0.1, -0.05) is 23.2 Å². The third-order valence-corrected chi connectivity index (χ3v) is 9.87. The fraction of sp³-hybridized carbons (Fsp3) is 0.441. The van der Waals surface area contributed by atoms with Crippen molar-refractivity contribution in [2.45, 2.75) is 31.0 Å². The zero-order chi connectivity index (χ0) is 34.1. The third kappa shape index (κ3) is 6.85. The van der Waals surface area contributed by atoms with E-state index in [0.717, 1.165) is 56.3 Å². The highest BCUT2D eigenvalue weighted by molar-refractivity contribution is 6.33. The average molecular weight is 699 g/mol. The van der Waals surface area contributed by atoms with Gasteiger partial charge in [-0.25, -0.2) is 9.78 Å². The predicted molar refractivity (Wildman–Crippen MR) is 188 cm³/mol. The first-order valence-electron chi connectivity index (χ1n) is 15.9. The summed E-state index contributed by atoms with van der Waals surface area (Å²) in [6.07, 6.45) is 3.65. The highest BCUT2D eigenvalue weighted by atomic mass is 35.5. The number of aromatic nitrogens is 2. The van der Waals surface area contributed by atoms with Crippen molar-refractivity contribution >= 4 is 57.9 Å². The molecule has 2 atom stereocenters. The van der Waals surface area contributed by atoms with Gasteiger partial charge in [-0.05, 0) is 56.3 Å². The number of carboxylic acids is 1. The Balaban J connectivity index is 1.25. The van der Waals surface area contributed by atoms with E-state index in [1.54, 1.807) is 30.3 Å². The number of benzene rings is 1. The minimum atomic E-state index is -1.35. The molecule has 2 fully saturated rings. The zero-order valence-corrected chi connectivity index (χ0v) is 29.0. The molecule has 14 heteroatoms. The number of pyridine rings is 2. The molecule has 1 aromatic carbocycles. The van der Waals surface area contributed by atoms with Crippen LogP contribution in [-0.4, -0.2) is 111 Å². The van der Waals surface area contributed by atoms with E-state index < -0.39 is 12.1 Å². The molecular formula is C34H41Cl2N7O5. The lowest BCUT2D eigenvalue weighted by Crippen LogP contribution is -2.59. The van der Waals surface area contributed by atoms with E-state index in [4.69, 9.17) is 37.7 Å². The van der Waals surface area contributed by atoms with Crippen LogP contribution in [0, 0.1) is 0 Å². The van der Waals surface area contributed by atoms with Crippen molar-refractivity contribution in [1.29, 1.82) is 0 Å². The first-order chi connectivity index (χ1) is 23.0. The van der Waals surface area contributed by atoms with Crippen molar-refractivity contribution in [1.82, 2.24) is 14.9 Å². The molecule has 3 aliphatic rings. The maximum atomic E-state index is 12.2. The van der Waals surface area contributed by atoms with E-state index >= 15 is 0 Å². The Morgan fingerprint density at radius 1 is 1.08 bits per heavy atom. The molecule has 2 N–H and O–H groups in total. The second kappa shape index (κ2) is 14.4. The van der Waals surface area contributed by atoms with Gasteiger partial charge in [0.2, 0.25) is 5.88 Å². The normalized spacial score (nSPS) is 19.3. The van der Waals surface area contributed by atoms with Gasteiger partial charge in [-0.3, -0.25) is 4.90 Å². The van der Waals surface area contributed by atoms with Crippen molar-refractivity contribution in [3.8, 4) is 5.88 Å². The van der Waals surface area contributed by atoms with Crippen LogP contribution in [0.15, 0.2) is 54.4 Å². The molecule has 48 heavy (non-hydrogen) atoms. The van der Waals surface area contributed by atoms with E-state index in [2.05, 4.69) is 26.7 Å². The molecule has 3 aliphatic heterocycles. The minimum Gasteiger partial charge on any atom is -0.478 e. The molecule has 1 unspecified atom stereocenters. The zero-order valence-electron chi connectivity index (χ0n) is 27.5. The van der Waals surface area contributed by atoms with Gasteiger partial charge in [0.1, 0.15) is 29.4 Å². The van der Waals surface area contributed by atoms with Crippen LogP contribution in [0.3, 0.4) is 0 Å². The number of fused-ring (bicyclic) bond motifs is 1. The fourth-order valence-corrected chi connectivity index (χ4v) is 6.80. The van der Waals surface area contributed by atoms with Gasteiger partial charge in [-0.15, -0.1) is 0 Å². The number of aliphatic hydroxyl groups excluding tert-OH is 1. The fourth-order valence-electron chi connectivity index (χ4n) is 6.36. The molecule has 2 saturated heterocycles. The van der Waals surface area contributed by atoms with Crippen molar-refractivity contribution in [3.63, 3.8) is 0 Å². The van der Waals surface area contributed by atoms with E-state index in [0.29, 0.717) is 52.1 Å². The first-order valence-corrected chi connectivity index (χ1v) is 16.7. The van der Waals surface area contributed by atoms with Crippen molar-refractivity contribution in [3.05, 3.63) is 70.0 Å². The number of anilines is 5. The number of hydrogen-bond acceptors (Lipinski definition) is 11. The first kappa shape index (κ1) is 34.1. The highest BCUT2D eigenvalue weighted by Crippen LogP contribution is 2.46. The topological polar surface area (TPSA) is 118 Å². The van der Waals surface area contributed by atoms with E-state index in [1.165, 1.54) is 6.20 Å². The molecule has 3 aromatic rings. The van der Waals surface area contributed by atoms with Gasteiger partial charge < -0.3 is 39.3 Å². The molecule has 6 rings (SSSR count). The summed E-state index contributed by atoms with van der Waals surface area (Å²) >= 11 is 13.3. The lowest BCUT2D eigenvalue weighted by atomic mass is 9.95. The van der Waals surface area contributed by atoms with Crippen LogP contribution in [-0.2, 0) is 9.53 Å². The summed E-state index contributed by atoms with van der Waals surface area (Å²) in [5.41, 5.74) is 2.30. The second-order valence-corrected chi connectivity index (χ2v) is 13.4. The number of aliphatic carboxylic acids is 1.